The lowest BCUT2D eigenvalue weighted by atomic mass is 9.98. The van der Waals surface area contributed by atoms with Crippen LogP contribution in [0.1, 0.15) is 23.7 Å². The van der Waals surface area contributed by atoms with E-state index in [1.165, 1.54) is 12.1 Å². The third-order valence-corrected chi connectivity index (χ3v) is 2.92. The maximum absolute atomic E-state index is 13.2. The maximum atomic E-state index is 13.2. The van der Waals surface area contributed by atoms with Crippen molar-refractivity contribution in [3.63, 3.8) is 0 Å². The van der Waals surface area contributed by atoms with Gasteiger partial charge in [0.25, 0.3) is 5.91 Å². The van der Waals surface area contributed by atoms with Gasteiger partial charge in [-0.2, -0.15) is 0 Å². The summed E-state index contributed by atoms with van der Waals surface area (Å²) in [5, 5.41) is 20.9. The van der Waals surface area contributed by atoms with Gasteiger partial charge in [0.05, 0.1) is 24.4 Å². The molecule has 0 aromatic heterocycles. The van der Waals surface area contributed by atoms with Gasteiger partial charge in [0.1, 0.15) is 5.82 Å². The van der Waals surface area contributed by atoms with E-state index in [4.69, 9.17) is 5.73 Å². The second-order valence-corrected chi connectivity index (χ2v) is 4.14. The lowest BCUT2D eigenvalue weighted by molar-refractivity contribution is 0.0652. The standard InChI is InChI=1S/C12H17FN2O3/c1-2-12(6-16,7-17)15-11(18)8-3-4-10(14)9(13)5-8/h3-5,16-17H,2,6-7,14H2,1H3,(H,15,18). The molecule has 0 spiro atoms. The Morgan fingerprint density at radius 2 is 2.06 bits per heavy atom. The number of hydrogen-bond donors (Lipinski definition) is 4. The number of anilines is 1. The van der Waals surface area contributed by atoms with Crippen LogP contribution in [0, 0.1) is 5.82 Å². The molecule has 0 saturated carbocycles. The second kappa shape index (κ2) is 5.79. The number of benzene rings is 1. The van der Waals surface area contributed by atoms with Gasteiger partial charge in [-0.3, -0.25) is 4.79 Å². The van der Waals surface area contributed by atoms with Crippen LogP contribution in [0.5, 0.6) is 0 Å². The van der Waals surface area contributed by atoms with Gasteiger partial charge in [-0.05, 0) is 24.6 Å². The van der Waals surface area contributed by atoms with Crippen molar-refractivity contribution in [2.24, 2.45) is 0 Å². The van der Waals surface area contributed by atoms with Gasteiger partial charge in [0, 0.05) is 5.56 Å². The van der Waals surface area contributed by atoms with E-state index >= 15 is 0 Å². The maximum Gasteiger partial charge on any atom is 0.251 e. The normalized spacial score (nSPS) is 11.3. The topological polar surface area (TPSA) is 95.6 Å². The summed E-state index contributed by atoms with van der Waals surface area (Å²) < 4.78 is 13.2. The summed E-state index contributed by atoms with van der Waals surface area (Å²) in [6, 6.07) is 3.68. The number of carbonyl (C=O) groups excluding carboxylic acids is 1. The summed E-state index contributed by atoms with van der Waals surface area (Å²) in [6.07, 6.45) is 0.350. The van der Waals surface area contributed by atoms with Gasteiger partial charge >= 0.3 is 0 Å². The molecule has 1 aromatic carbocycles. The van der Waals surface area contributed by atoms with E-state index in [2.05, 4.69) is 5.32 Å². The summed E-state index contributed by atoms with van der Waals surface area (Å²) in [6.45, 7) is 0.919. The number of aliphatic hydroxyl groups is 2. The van der Waals surface area contributed by atoms with E-state index in [0.717, 1.165) is 6.07 Å². The van der Waals surface area contributed by atoms with Gasteiger partial charge in [-0.1, -0.05) is 6.92 Å². The second-order valence-electron chi connectivity index (χ2n) is 4.14. The Hall–Kier alpha value is -1.66. The van der Waals surface area contributed by atoms with E-state index in [0.29, 0.717) is 6.42 Å². The number of hydrogen-bond acceptors (Lipinski definition) is 4. The molecule has 0 atom stereocenters. The Kier molecular flexibility index (Phi) is 4.63. The van der Waals surface area contributed by atoms with Crippen LogP contribution in [0.4, 0.5) is 10.1 Å². The third kappa shape index (κ3) is 2.96. The minimum Gasteiger partial charge on any atom is -0.396 e. The van der Waals surface area contributed by atoms with Crippen molar-refractivity contribution < 1.29 is 19.4 Å². The number of amides is 1. The van der Waals surface area contributed by atoms with Crippen molar-refractivity contribution in [1.29, 1.82) is 0 Å². The third-order valence-electron chi connectivity index (χ3n) is 2.92. The molecule has 1 amide bonds. The zero-order valence-corrected chi connectivity index (χ0v) is 10.1. The van der Waals surface area contributed by atoms with E-state index < -0.39 is 30.5 Å². The minimum absolute atomic E-state index is 0.0439. The van der Waals surface area contributed by atoms with E-state index in [1.807, 2.05) is 0 Å². The molecule has 0 aliphatic carbocycles. The van der Waals surface area contributed by atoms with Crippen LogP contribution >= 0.6 is 0 Å². The number of rotatable bonds is 5. The van der Waals surface area contributed by atoms with Gasteiger partial charge < -0.3 is 21.3 Å². The molecule has 0 aliphatic heterocycles. The molecule has 0 radical (unpaired) electrons. The first-order valence-electron chi connectivity index (χ1n) is 5.57. The van der Waals surface area contributed by atoms with Crippen LogP contribution in [0.25, 0.3) is 0 Å². The number of carbonyl (C=O) groups is 1. The zero-order chi connectivity index (χ0) is 13.8. The highest BCUT2D eigenvalue weighted by Crippen LogP contribution is 2.14. The highest BCUT2D eigenvalue weighted by atomic mass is 19.1. The van der Waals surface area contributed by atoms with Crippen LogP contribution in [-0.4, -0.2) is 34.9 Å². The molecular weight excluding hydrogens is 239 g/mol. The minimum atomic E-state index is -1.10. The fourth-order valence-corrected chi connectivity index (χ4v) is 1.42. The Bertz CT molecular complexity index is 425. The fourth-order valence-electron chi connectivity index (χ4n) is 1.42. The first kappa shape index (κ1) is 14.4. The van der Waals surface area contributed by atoms with E-state index in [9.17, 15) is 19.4 Å². The Labute approximate surface area is 104 Å². The number of aliphatic hydroxyl groups excluding tert-OH is 2. The molecule has 1 rings (SSSR count). The van der Waals surface area contributed by atoms with Crippen molar-refractivity contribution in [1.82, 2.24) is 5.32 Å². The number of halogens is 1. The van der Waals surface area contributed by atoms with Crippen molar-refractivity contribution in [2.45, 2.75) is 18.9 Å². The molecule has 0 aliphatic rings. The molecule has 0 heterocycles. The predicted octanol–water partition coefficient (Wildman–Crippen LogP) is 0.271. The Morgan fingerprint density at radius 3 is 2.50 bits per heavy atom. The van der Waals surface area contributed by atoms with Crippen molar-refractivity contribution in [3.05, 3.63) is 29.6 Å². The highest BCUT2D eigenvalue weighted by Gasteiger charge is 2.29. The average molecular weight is 256 g/mol. The van der Waals surface area contributed by atoms with Crippen LogP contribution < -0.4 is 11.1 Å². The molecule has 0 fully saturated rings. The fraction of sp³-hybridized carbons (Fsp3) is 0.417. The molecule has 0 unspecified atom stereocenters. The molecule has 6 heteroatoms. The van der Waals surface area contributed by atoms with Crippen molar-refractivity contribution in [2.75, 3.05) is 18.9 Å². The Morgan fingerprint density at radius 1 is 1.44 bits per heavy atom. The van der Waals surface area contributed by atoms with Gasteiger partial charge in [-0.15, -0.1) is 0 Å². The SMILES string of the molecule is CCC(CO)(CO)NC(=O)c1ccc(N)c(F)c1. The summed E-state index contributed by atoms with van der Waals surface area (Å²) in [5.74, 6) is -1.25. The lowest BCUT2D eigenvalue weighted by Gasteiger charge is -2.29. The van der Waals surface area contributed by atoms with Gasteiger partial charge in [0.2, 0.25) is 0 Å². The smallest absolute Gasteiger partial charge is 0.251 e. The number of nitrogens with one attached hydrogen (secondary N) is 1. The Balaban J connectivity index is 2.90. The first-order valence-corrected chi connectivity index (χ1v) is 5.57. The quantitative estimate of drug-likeness (QED) is 0.569. The van der Waals surface area contributed by atoms with Crippen LogP contribution in [0.15, 0.2) is 18.2 Å². The van der Waals surface area contributed by atoms with Crippen LogP contribution in [0.2, 0.25) is 0 Å². The summed E-state index contributed by atoms with van der Waals surface area (Å²) >= 11 is 0. The molecule has 18 heavy (non-hydrogen) atoms. The molecular formula is C12H17FN2O3. The van der Waals surface area contributed by atoms with E-state index in [1.54, 1.807) is 6.92 Å². The zero-order valence-electron chi connectivity index (χ0n) is 10.1. The highest BCUT2D eigenvalue weighted by molar-refractivity contribution is 5.95. The first-order chi connectivity index (χ1) is 8.48. The molecule has 1 aromatic rings. The number of nitrogen functional groups attached to an aromatic ring is 1. The van der Waals surface area contributed by atoms with Crippen LogP contribution in [0.3, 0.4) is 0 Å². The van der Waals surface area contributed by atoms with Crippen molar-refractivity contribution >= 4 is 11.6 Å². The van der Waals surface area contributed by atoms with E-state index in [-0.39, 0.29) is 11.3 Å². The molecule has 5 N–H and O–H groups in total. The van der Waals surface area contributed by atoms with Crippen LogP contribution in [-0.2, 0) is 0 Å². The largest absolute Gasteiger partial charge is 0.396 e. The predicted molar refractivity (Wildman–Crippen MR) is 65.5 cm³/mol. The monoisotopic (exact) mass is 256 g/mol. The summed E-state index contributed by atoms with van der Waals surface area (Å²) in [4.78, 5) is 11.9. The molecule has 5 nitrogen and oxygen atoms in total. The van der Waals surface area contributed by atoms with Gasteiger partial charge in [0.15, 0.2) is 0 Å². The average Bonchev–Trinajstić information content (AvgIpc) is 2.39. The number of nitrogens with two attached hydrogens (primary N) is 1. The summed E-state index contributed by atoms with van der Waals surface area (Å²) in [7, 11) is 0. The summed E-state index contributed by atoms with van der Waals surface area (Å²) in [5.41, 5.74) is 4.25. The molecule has 100 valence electrons. The molecule has 0 bridgehead atoms. The lowest BCUT2D eigenvalue weighted by Crippen LogP contribution is -2.53. The molecule has 0 saturated heterocycles. The van der Waals surface area contributed by atoms with Crippen molar-refractivity contribution in [3.8, 4) is 0 Å². The van der Waals surface area contributed by atoms with Gasteiger partial charge in [-0.25, -0.2) is 4.39 Å².